The van der Waals surface area contributed by atoms with Crippen LogP contribution in [0.3, 0.4) is 0 Å². The highest BCUT2D eigenvalue weighted by Crippen LogP contribution is 2.28. The van der Waals surface area contributed by atoms with Gasteiger partial charge in [-0.05, 0) is 36.8 Å². The van der Waals surface area contributed by atoms with Crippen LogP contribution in [0.5, 0.6) is 5.75 Å². The summed E-state index contributed by atoms with van der Waals surface area (Å²) in [5.41, 5.74) is 6.87. The molecule has 0 bridgehead atoms. The van der Waals surface area contributed by atoms with Gasteiger partial charge in [0.15, 0.2) is 0 Å². The molecule has 0 spiro atoms. The van der Waals surface area contributed by atoms with Crippen LogP contribution in [0.4, 0.5) is 5.69 Å². The molecule has 1 aromatic rings. The van der Waals surface area contributed by atoms with Crippen molar-refractivity contribution in [1.82, 2.24) is 5.32 Å². The number of hydrogen-bond donors (Lipinski definition) is 2. The van der Waals surface area contributed by atoms with E-state index in [1.165, 1.54) is 25.7 Å². The summed E-state index contributed by atoms with van der Waals surface area (Å²) in [5, 5.41) is 3.01. The van der Waals surface area contributed by atoms with Gasteiger partial charge in [-0.2, -0.15) is 0 Å². The molecule has 3 N–H and O–H groups in total. The molecule has 0 heterocycles. The van der Waals surface area contributed by atoms with Crippen molar-refractivity contribution in [2.45, 2.75) is 32.6 Å². The summed E-state index contributed by atoms with van der Waals surface area (Å²) in [7, 11) is 1.58. The molecule has 4 heteroatoms. The molecule has 2 atom stereocenters. The first-order valence-corrected chi connectivity index (χ1v) is 7.32. The zero-order valence-corrected chi connectivity index (χ0v) is 12.3. The molecule has 1 amide bonds. The van der Waals surface area contributed by atoms with E-state index in [-0.39, 0.29) is 5.91 Å². The van der Waals surface area contributed by atoms with Gasteiger partial charge in [-0.15, -0.1) is 0 Å². The molecule has 1 fully saturated rings. The number of carbonyl (C=O) groups excluding carboxylic acids is 1. The molecular weight excluding hydrogens is 252 g/mol. The van der Waals surface area contributed by atoms with E-state index in [1.807, 2.05) is 0 Å². The second-order valence-corrected chi connectivity index (χ2v) is 5.80. The topological polar surface area (TPSA) is 64.3 Å². The Bertz CT molecular complexity index is 474. The molecule has 1 aliphatic rings. The van der Waals surface area contributed by atoms with Gasteiger partial charge in [-0.3, -0.25) is 4.79 Å². The fraction of sp³-hybridized carbons (Fsp3) is 0.562. The molecule has 110 valence electrons. The number of carbonyl (C=O) groups is 1. The monoisotopic (exact) mass is 276 g/mol. The predicted molar refractivity (Wildman–Crippen MR) is 80.9 cm³/mol. The lowest BCUT2D eigenvalue weighted by Crippen LogP contribution is -2.31. The molecule has 2 rings (SSSR count). The molecule has 0 aliphatic heterocycles. The molecule has 1 aliphatic carbocycles. The zero-order chi connectivity index (χ0) is 14.5. The summed E-state index contributed by atoms with van der Waals surface area (Å²) in [6.07, 6.45) is 5.00. The van der Waals surface area contributed by atoms with E-state index < -0.39 is 0 Å². The van der Waals surface area contributed by atoms with Gasteiger partial charge in [0, 0.05) is 18.3 Å². The molecule has 0 saturated heterocycles. The van der Waals surface area contributed by atoms with E-state index in [9.17, 15) is 4.79 Å². The molecular formula is C16H24N2O2. The Hall–Kier alpha value is -1.71. The average molecular weight is 276 g/mol. The molecule has 20 heavy (non-hydrogen) atoms. The van der Waals surface area contributed by atoms with Crippen LogP contribution in [-0.4, -0.2) is 19.6 Å². The summed E-state index contributed by atoms with van der Waals surface area (Å²) in [4.78, 5) is 12.2. The molecule has 0 radical (unpaired) electrons. The third-order valence-electron chi connectivity index (χ3n) is 4.10. The Morgan fingerprint density at radius 3 is 2.90 bits per heavy atom. The van der Waals surface area contributed by atoms with Crippen LogP contribution >= 0.6 is 0 Å². The number of methoxy groups -OCH3 is 1. The Balaban J connectivity index is 1.91. The second-order valence-electron chi connectivity index (χ2n) is 5.80. The van der Waals surface area contributed by atoms with Crippen LogP contribution in [0.15, 0.2) is 18.2 Å². The smallest absolute Gasteiger partial charge is 0.253 e. The fourth-order valence-corrected chi connectivity index (χ4v) is 2.95. The van der Waals surface area contributed by atoms with Crippen LogP contribution in [0, 0.1) is 11.8 Å². The number of anilines is 1. The summed E-state index contributed by atoms with van der Waals surface area (Å²) >= 11 is 0. The van der Waals surface area contributed by atoms with Crippen molar-refractivity contribution in [3.63, 3.8) is 0 Å². The lowest BCUT2D eigenvalue weighted by molar-refractivity contribution is 0.0941. The van der Waals surface area contributed by atoms with Crippen molar-refractivity contribution < 1.29 is 9.53 Å². The van der Waals surface area contributed by atoms with Crippen LogP contribution < -0.4 is 15.8 Å². The maximum Gasteiger partial charge on any atom is 0.253 e. The highest BCUT2D eigenvalue weighted by atomic mass is 16.5. The van der Waals surface area contributed by atoms with E-state index in [4.69, 9.17) is 10.5 Å². The second kappa shape index (κ2) is 6.64. The Morgan fingerprint density at radius 2 is 2.25 bits per heavy atom. The Morgan fingerprint density at radius 1 is 1.45 bits per heavy atom. The van der Waals surface area contributed by atoms with E-state index in [0.29, 0.717) is 22.9 Å². The van der Waals surface area contributed by atoms with E-state index >= 15 is 0 Å². The minimum Gasteiger partial charge on any atom is -0.497 e. The third-order valence-corrected chi connectivity index (χ3v) is 4.10. The van der Waals surface area contributed by atoms with E-state index in [2.05, 4.69) is 12.2 Å². The summed E-state index contributed by atoms with van der Waals surface area (Å²) < 4.78 is 5.08. The standard InChI is InChI=1S/C16H24N2O2/c1-11-4-3-5-12(8-11)10-18-16(19)14-7-6-13(20-2)9-15(14)17/h6-7,9,11-12H,3-5,8,10,17H2,1-2H3,(H,18,19). The first-order valence-electron chi connectivity index (χ1n) is 7.32. The van der Waals surface area contributed by atoms with Crippen molar-refractivity contribution in [3.8, 4) is 5.75 Å². The fourth-order valence-electron chi connectivity index (χ4n) is 2.95. The zero-order valence-electron chi connectivity index (χ0n) is 12.3. The van der Waals surface area contributed by atoms with Crippen LogP contribution in [0.2, 0.25) is 0 Å². The quantitative estimate of drug-likeness (QED) is 0.831. The Labute approximate surface area is 120 Å². The van der Waals surface area contributed by atoms with Crippen LogP contribution in [0.1, 0.15) is 43.0 Å². The van der Waals surface area contributed by atoms with Gasteiger partial charge in [0.1, 0.15) is 5.75 Å². The van der Waals surface area contributed by atoms with Crippen LogP contribution in [-0.2, 0) is 0 Å². The lowest BCUT2D eigenvalue weighted by atomic mass is 9.82. The van der Waals surface area contributed by atoms with E-state index in [1.54, 1.807) is 25.3 Å². The number of rotatable bonds is 4. The number of nitrogens with one attached hydrogen (secondary N) is 1. The minimum atomic E-state index is -0.0941. The average Bonchev–Trinajstić information content (AvgIpc) is 2.44. The Kier molecular flexibility index (Phi) is 4.88. The number of ether oxygens (including phenoxy) is 1. The normalized spacial score (nSPS) is 22.3. The third kappa shape index (κ3) is 3.65. The summed E-state index contributed by atoms with van der Waals surface area (Å²) in [5.74, 6) is 1.95. The highest BCUT2D eigenvalue weighted by molar-refractivity contribution is 5.99. The number of amides is 1. The summed E-state index contributed by atoms with van der Waals surface area (Å²) in [6.45, 7) is 3.03. The predicted octanol–water partition coefficient (Wildman–Crippen LogP) is 2.83. The van der Waals surface area contributed by atoms with Crippen molar-refractivity contribution in [2.75, 3.05) is 19.4 Å². The van der Waals surface area contributed by atoms with Gasteiger partial charge in [-0.25, -0.2) is 0 Å². The summed E-state index contributed by atoms with van der Waals surface area (Å²) in [6, 6.07) is 5.15. The molecule has 2 unspecified atom stereocenters. The maximum atomic E-state index is 12.2. The van der Waals surface area contributed by atoms with Gasteiger partial charge in [0.25, 0.3) is 5.91 Å². The van der Waals surface area contributed by atoms with Crippen molar-refractivity contribution >= 4 is 11.6 Å². The molecule has 1 saturated carbocycles. The van der Waals surface area contributed by atoms with Crippen molar-refractivity contribution in [1.29, 1.82) is 0 Å². The number of hydrogen-bond acceptors (Lipinski definition) is 3. The first kappa shape index (κ1) is 14.7. The molecule has 4 nitrogen and oxygen atoms in total. The van der Waals surface area contributed by atoms with Gasteiger partial charge >= 0.3 is 0 Å². The highest BCUT2D eigenvalue weighted by Gasteiger charge is 2.20. The van der Waals surface area contributed by atoms with Gasteiger partial charge < -0.3 is 15.8 Å². The lowest BCUT2D eigenvalue weighted by Gasteiger charge is -2.26. The molecule has 1 aromatic carbocycles. The number of nitrogens with two attached hydrogens (primary N) is 1. The SMILES string of the molecule is COc1ccc(C(=O)NCC2CCCC(C)C2)c(N)c1. The van der Waals surface area contributed by atoms with Gasteiger partial charge in [-0.1, -0.05) is 19.8 Å². The van der Waals surface area contributed by atoms with Gasteiger partial charge in [0.05, 0.1) is 12.7 Å². The van der Waals surface area contributed by atoms with E-state index in [0.717, 1.165) is 12.5 Å². The van der Waals surface area contributed by atoms with Crippen molar-refractivity contribution in [3.05, 3.63) is 23.8 Å². The molecule has 0 aromatic heterocycles. The van der Waals surface area contributed by atoms with Crippen molar-refractivity contribution in [2.24, 2.45) is 11.8 Å². The van der Waals surface area contributed by atoms with Crippen LogP contribution in [0.25, 0.3) is 0 Å². The largest absolute Gasteiger partial charge is 0.497 e. The minimum absolute atomic E-state index is 0.0941. The number of nitrogen functional groups attached to an aromatic ring is 1. The number of benzene rings is 1. The maximum absolute atomic E-state index is 12.2. The van der Waals surface area contributed by atoms with Gasteiger partial charge in [0.2, 0.25) is 0 Å². The first-order chi connectivity index (χ1) is 9.60.